The van der Waals surface area contributed by atoms with E-state index in [2.05, 4.69) is 84.9 Å². The van der Waals surface area contributed by atoms with Crippen LogP contribution in [0.2, 0.25) is 0 Å². The van der Waals surface area contributed by atoms with Crippen molar-refractivity contribution in [2.45, 2.75) is 0 Å². The van der Waals surface area contributed by atoms with Gasteiger partial charge in [0.05, 0.1) is 22.8 Å². The van der Waals surface area contributed by atoms with Gasteiger partial charge < -0.3 is 0 Å². The van der Waals surface area contributed by atoms with E-state index in [1.54, 1.807) is 0 Å². The zero-order valence-electron chi connectivity index (χ0n) is 32.3. The average molecular weight is 767 g/mol. The summed E-state index contributed by atoms with van der Waals surface area (Å²) in [6, 6.07) is 71.7. The third-order valence-electron chi connectivity index (χ3n) is 10.6. The molecule has 0 radical (unpaired) electrons. The van der Waals surface area contributed by atoms with E-state index in [9.17, 15) is 5.26 Å². The molecule has 60 heavy (non-hydrogen) atoms. The molecule has 2 heterocycles. The van der Waals surface area contributed by atoms with E-state index in [0.29, 0.717) is 28.9 Å². The number of hydrogen-bond acceptors (Lipinski definition) is 6. The molecule has 0 unspecified atom stereocenters. The largest absolute Gasteiger partial charge is 0.228 e. The molecule has 0 bridgehead atoms. The van der Waals surface area contributed by atoms with Crippen LogP contribution in [0.1, 0.15) is 5.56 Å². The molecule has 2 aromatic heterocycles. The first-order valence-corrected chi connectivity index (χ1v) is 19.7. The summed E-state index contributed by atoms with van der Waals surface area (Å²) in [7, 11) is 0. The molecular formula is C54H34N6. The van der Waals surface area contributed by atoms with Crippen LogP contribution in [-0.4, -0.2) is 24.9 Å². The van der Waals surface area contributed by atoms with Crippen LogP contribution in [0.5, 0.6) is 0 Å². The van der Waals surface area contributed by atoms with E-state index in [1.807, 2.05) is 127 Å². The molecule has 8 aromatic carbocycles. The minimum atomic E-state index is 0.557. The Hall–Kier alpha value is -8.40. The lowest BCUT2D eigenvalue weighted by atomic mass is 9.92. The van der Waals surface area contributed by atoms with E-state index >= 15 is 0 Å². The smallest absolute Gasteiger partial charge is 0.164 e. The van der Waals surface area contributed by atoms with Crippen molar-refractivity contribution in [3.8, 4) is 96.3 Å². The van der Waals surface area contributed by atoms with Crippen molar-refractivity contribution in [2.75, 3.05) is 0 Å². The number of fused-ring (bicyclic) bond motifs is 1. The normalized spacial score (nSPS) is 11.0. The van der Waals surface area contributed by atoms with Crippen LogP contribution in [-0.2, 0) is 0 Å². The molecule has 0 aliphatic rings. The summed E-state index contributed by atoms with van der Waals surface area (Å²) in [5.74, 6) is 2.39. The fourth-order valence-corrected chi connectivity index (χ4v) is 7.67. The first-order valence-electron chi connectivity index (χ1n) is 19.7. The molecule has 0 saturated carbocycles. The van der Waals surface area contributed by atoms with Crippen LogP contribution in [0.4, 0.5) is 0 Å². The third kappa shape index (κ3) is 7.08. The Bertz CT molecular complexity index is 3230. The van der Waals surface area contributed by atoms with Crippen molar-refractivity contribution in [3.05, 3.63) is 212 Å². The fraction of sp³-hybridized carbons (Fsp3) is 0. The summed E-state index contributed by atoms with van der Waals surface area (Å²) in [5, 5.41) is 10.5. The predicted molar refractivity (Wildman–Crippen MR) is 241 cm³/mol. The number of para-hydroxylation sites is 1. The SMILES string of the molecule is N#Cc1cccc(-c2cccc(-c3nc(-c4ccccc4)nc(-c4ccccc4-c4cccc(-c5ccccc5-c5nc(-c6ccccc6)nc6ccccc56)c4)n3)c2)c1. The van der Waals surface area contributed by atoms with Crippen molar-refractivity contribution in [1.29, 1.82) is 5.26 Å². The van der Waals surface area contributed by atoms with Crippen LogP contribution in [0.15, 0.2) is 206 Å². The van der Waals surface area contributed by atoms with Crippen LogP contribution in [0.3, 0.4) is 0 Å². The summed E-state index contributed by atoms with van der Waals surface area (Å²) in [6.45, 7) is 0. The van der Waals surface area contributed by atoms with Gasteiger partial charge in [-0.3, -0.25) is 0 Å². The number of nitrogens with zero attached hydrogens (tertiary/aromatic N) is 6. The molecule has 0 amide bonds. The highest BCUT2D eigenvalue weighted by Gasteiger charge is 2.19. The minimum absolute atomic E-state index is 0.557. The lowest BCUT2D eigenvalue weighted by molar-refractivity contribution is 1.07. The van der Waals surface area contributed by atoms with Crippen molar-refractivity contribution in [2.24, 2.45) is 0 Å². The zero-order valence-corrected chi connectivity index (χ0v) is 32.3. The molecule has 280 valence electrons. The maximum Gasteiger partial charge on any atom is 0.164 e. The van der Waals surface area contributed by atoms with E-state index in [0.717, 1.165) is 77.8 Å². The Morgan fingerprint density at radius 2 is 0.750 bits per heavy atom. The Labute approximate surface area is 347 Å². The molecule has 0 spiro atoms. The van der Waals surface area contributed by atoms with Crippen molar-refractivity contribution >= 4 is 10.9 Å². The van der Waals surface area contributed by atoms with Gasteiger partial charge in [-0.25, -0.2) is 24.9 Å². The van der Waals surface area contributed by atoms with Gasteiger partial charge in [0.1, 0.15) is 0 Å². The molecule has 0 aliphatic carbocycles. The van der Waals surface area contributed by atoms with E-state index in [1.165, 1.54) is 0 Å². The predicted octanol–water partition coefficient (Wildman–Crippen LogP) is 13.0. The molecule has 0 fully saturated rings. The van der Waals surface area contributed by atoms with Crippen LogP contribution < -0.4 is 0 Å². The van der Waals surface area contributed by atoms with Crippen LogP contribution >= 0.6 is 0 Å². The lowest BCUT2D eigenvalue weighted by Gasteiger charge is -2.15. The van der Waals surface area contributed by atoms with E-state index in [-0.39, 0.29) is 0 Å². The topological polar surface area (TPSA) is 88.2 Å². The Morgan fingerprint density at radius 3 is 1.43 bits per heavy atom. The van der Waals surface area contributed by atoms with Crippen molar-refractivity contribution in [1.82, 2.24) is 24.9 Å². The summed E-state index contributed by atoms with van der Waals surface area (Å²) >= 11 is 0. The molecule has 0 saturated heterocycles. The van der Waals surface area contributed by atoms with Crippen LogP contribution in [0.25, 0.3) is 101 Å². The first-order chi connectivity index (χ1) is 29.7. The molecule has 0 N–H and O–H groups in total. The lowest BCUT2D eigenvalue weighted by Crippen LogP contribution is -2.01. The maximum atomic E-state index is 9.55. The summed E-state index contributed by atoms with van der Waals surface area (Å²) in [6.07, 6.45) is 0. The Kier molecular flexibility index (Phi) is 9.51. The van der Waals surface area contributed by atoms with Crippen molar-refractivity contribution < 1.29 is 0 Å². The van der Waals surface area contributed by atoms with Crippen molar-refractivity contribution in [3.63, 3.8) is 0 Å². The number of rotatable bonds is 8. The summed E-state index contributed by atoms with van der Waals surface area (Å²) < 4.78 is 0. The molecule has 6 nitrogen and oxygen atoms in total. The van der Waals surface area contributed by atoms with Gasteiger partial charge in [0.25, 0.3) is 0 Å². The highest BCUT2D eigenvalue weighted by atomic mass is 15.0. The van der Waals surface area contributed by atoms with Gasteiger partial charge >= 0.3 is 0 Å². The Morgan fingerprint density at radius 1 is 0.300 bits per heavy atom. The van der Waals surface area contributed by atoms with Gasteiger partial charge in [0, 0.05) is 33.2 Å². The third-order valence-corrected chi connectivity index (χ3v) is 10.6. The maximum absolute atomic E-state index is 9.55. The number of aromatic nitrogens is 5. The first kappa shape index (κ1) is 36.0. The quantitative estimate of drug-likeness (QED) is 0.153. The molecule has 10 aromatic rings. The second-order valence-electron chi connectivity index (χ2n) is 14.4. The molecule has 0 aliphatic heterocycles. The van der Waals surface area contributed by atoms with Gasteiger partial charge in [-0.2, -0.15) is 5.26 Å². The van der Waals surface area contributed by atoms with E-state index in [4.69, 9.17) is 24.9 Å². The number of hydrogen-bond donors (Lipinski definition) is 0. The zero-order chi connectivity index (χ0) is 40.3. The minimum Gasteiger partial charge on any atom is -0.228 e. The number of nitriles is 1. The highest BCUT2D eigenvalue weighted by molar-refractivity contribution is 5.98. The van der Waals surface area contributed by atoms with Gasteiger partial charge in [0.15, 0.2) is 23.3 Å². The average Bonchev–Trinajstić information content (AvgIpc) is 3.34. The summed E-state index contributed by atoms with van der Waals surface area (Å²) in [5.41, 5.74) is 13.1. The van der Waals surface area contributed by atoms with E-state index < -0.39 is 0 Å². The molecule has 0 atom stereocenters. The fourth-order valence-electron chi connectivity index (χ4n) is 7.67. The van der Waals surface area contributed by atoms with Gasteiger partial charge in [0.2, 0.25) is 0 Å². The molecule has 10 rings (SSSR count). The second-order valence-corrected chi connectivity index (χ2v) is 14.4. The van der Waals surface area contributed by atoms with Crippen LogP contribution in [0, 0.1) is 11.3 Å². The molecular weight excluding hydrogens is 733 g/mol. The summed E-state index contributed by atoms with van der Waals surface area (Å²) in [4.78, 5) is 25.5. The number of benzene rings is 8. The van der Waals surface area contributed by atoms with Gasteiger partial charge in [-0.05, 0) is 63.7 Å². The standard InChI is InChI=1S/C54H34N6/c55-35-36-16-13-21-39(32-36)40-22-14-25-43(33-40)53-58-52(38-19-5-2-6-20-38)59-54(60-53)47-29-10-8-27-45(47)42-24-15-23-41(34-42)44-26-7-9-28-46(44)50-48-30-11-12-31-49(48)56-51(57-50)37-17-3-1-4-18-37/h1-34H. The molecule has 6 heteroatoms. The second kappa shape index (κ2) is 15.9. The monoisotopic (exact) mass is 766 g/mol. The van der Waals surface area contributed by atoms with Gasteiger partial charge in [-0.15, -0.1) is 0 Å². The Balaban J connectivity index is 1.09. The highest BCUT2D eigenvalue weighted by Crippen LogP contribution is 2.39. The van der Waals surface area contributed by atoms with Gasteiger partial charge in [-0.1, -0.05) is 176 Å².